The van der Waals surface area contributed by atoms with E-state index in [9.17, 15) is 14.4 Å². The van der Waals surface area contributed by atoms with Crippen LogP contribution < -0.4 is 15.4 Å². The average molecular weight is 428 g/mol. The molecular weight excluding hydrogens is 409 g/mol. The Bertz CT molecular complexity index is 924. The first-order chi connectivity index (χ1) is 13.1. The second-order valence-corrected chi connectivity index (χ2v) is 6.92. The van der Waals surface area contributed by atoms with Crippen LogP contribution in [0.25, 0.3) is 0 Å². The van der Waals surface area contributed by atoms with Crippen LogP contribution in [0, 0.1) is 6.92 Å². The smallest absolute Gasteiger partial charge is 0.322 e. The summed E-state index contributed by atoms with van der Waals surface area (Å²) in [6, 6.07) is 4.39. The molecule has 0 unspecified atom stereocenters. The summed E-state index contributed by atoms with van der Waals surface area (Å²) in [5.41, 5.74) is 1.17. The Labute approximate surface area is 171 Å². The summed E-state index contributed by atoms with van der Waals surface area (Å²) in [4.78, 5) is 38.1. The van der Waals surface area contributed by atoms with Gasteiger partial charge in [-0.2, -0.15) is 0 Å². The highest BCUT2D eigenvalue weighted by atomic mass is 35.5. The number of rotatable bonds is 7. The highest BCUT2D eigenvalue weighted by Gasteiger charge is 2.20. The molecular formula is C18H19Cl2N3O5. The molecule has 0 aliphatic heterocycles. The molecule has 1 aromatic carbocycles. The molecule has 4 N–H and O–H groups in total. The van der Waals surface area contributed by atoms with E-state index in [0.29, 0.717) is 11.4 Å². The highest BCUT2D eigenvalue weighted by molar-refractivity contribution is 6.44. The molecule has 2 amide bonds. The molecule has 150 valence electrons. The lowest BCUT2D eigenvalue weighted by Crippen LogP contribution is -2.29. The summed E-state index contributed by atoms with van der Waals surface area (Å²) in [6.45, 7) is 4.70. The number of H-pyrrole nitrogens is 1. The van der Waals surface area contributed by atoms with Crippen molar-refractivity contribution >= 4 is 46.7 Å². The first-order valence-electron chi connectivity index (χ1n) is 8.25. The summed E-state index contributed by atoms with van der Waals surface area (Å²) < 4.78 is 5.63. The number of carboxylic acids is 1. The normalized spacial score (nSPS) is 10.6. The van der Waals surface area contributed by atoms with Gasteiger partial charge in [-0.05, 0) is 32.9 Å². The third kappa shape index (κ3) is 5.17. The Hall–Kier alpha value is -2.71. The molecule has 0 atom stereocenters. The number of aromatic amines is 1. The van der Waals surface area contributed by atoms with E-state index >= 15 is 0 Å². The number of ether oxygens (including phenoxy) is 1. The van der Waals surface area contributed by atoms with E-state index in [-0.39, 0.29) is 33.2 Å². The van der Waals surface area contributed by atoms with E-state index < -0.39 is 24.3 Å². The molecule has 2 aromatic rings. The maximum absolute atomic E-state index is 12.5. The Morgan fingerprint density at radius 1 is 1.18 bits per heavy atom. The number of carboxylic acid groups (broad SMARTS) is 1. The van der Waals surface area contributed by atoms with Crippen LogP contribution in [0.5, 0.6) is 5.75 Å². The van der Waals surface area contributed by atoms with Gasteiger partial charge in [-0.25, -0.2) is 0 Å². The van der Waals surface area contributed by atoms with E-state index in [1.54, 1.807) is 20.8 Å². The number of hydrogen-bond donors (Lipinski definition) is 4. The van der Waals surface area contributed by atoms with Gasteiger partial charge in [-0.1, -0.05) is 23.2 Å². The number of aliphatic carboxylic acids is 1. The maximum atomic E-state index is 12.5. The molecule has 0 spiro atoms. The van der Waals surface area contributed by atoms with Gasteiger partial charge in [0.1, 0.15) is 18.0 Å². The van der Waals surface area contributed by atoms with E-state index in [0.717, 1.165) is 0 Å². The molecule has 8 nitrogen and oxygen atoms in total. The second-order valence-electron chi connectivity index (χ2n) is 6.16. The van der Waals surface area contributed by atoms with Crippen LogP contribution in [0.3, 0.4) is 0 Å². The second kappa shape index (κ2) is 8.99. The van der Waals surface area contributed by atoms with Gasteiger partial charge in [0.25, 0.3) is 11.8 Å². The Morgan fingerprint density at radius 2 is 1.86 bits per heavy atom. The van der Waals surface area contributed by atoms with Crippen molar-refractivity contribution in [2.75, 3.05) is 11.9 Å². The molecule has 10 heteroatoms. The van der Waals surface area contributed by atoms with Crippen molar-refractivity contribution in [3.63, 3.8) is 0 Å². The minimum atomic E-state index is -1.17. The molecule has 1 aromatic heterocycles. The molecule has 0 aliphatic carbocycles. The molecule has 0 radical (unpaired) electrons. The van der Waals surface area contributed by atoms with Crippen molar-refractivity contribution < 1.29 is 24.2 Å². The lowest BCUT2D eigenvalue weighted by Gasteiger charge is -2.15. The van der Waals surface area contributed by atoms with Crippen molar-refractivity contribution in [3.05, 3.63) is 45.2 Å². The van der Waals surface area contributed by atoms with Crippen molar-refractivity contribution in [1.82, 2.24) is 10.3 Å². The number of halogens is 2. The number of hydrogen-bond acceptors (Lipinski definition) is 4. The van der Waals surface area contributed by atoms with Crippen LogP contribution in [0.1, 0.15) is 40.4 Å². The van der Waals surface area contributed by atoms with Crippen molar-refractivity contribution in [2.45, 2.75) is 26.9 Å². The number of benzene rings is 1. The molecule has 0 saturated carbocycles. The summed E-state index contributed by atoms with van der Waals surface area (Å²) >= 11 is 12.0. The molecule has 28 heavy (non-hydrogen) atoms. The predicted octanol–water partition coefficient (Wildman–Crippen LogP) is 3.48. The lowest BCUT2D eigenvalue weighted by atomic mass is 10.1. The summed E-state index contributed by atoms with van der Waals surface area (Å²) in [5.74, 6) is -2.09. The molecule has 0 bridgehead atoms. The van der Waals surface area contributed by atoms with Gasteiger partial charge >= 0.3 is 5.97 Å². The summed E-state index contributed by atoms with van der Waals surface area (Å²) in [5, 5.41) is 14.0. The molecule has 1 heterocycles. The zero-order valence-corrected chi connectivity index (χ0v) is 16.9. The quantitative estimate of drug-likeness (QED) is 0.538. The largest absolute Gasteiger partial charge is 0.490 e. The van der Waals surface area contributed by atoms with Gasteiger partial charge < -0.3 is 25.5 Å². The lowest BCUT2D eigenvalue weighted by molar-refractivity contribution is -0.135. The van der Waals surface area contributed by atoms with Crippen molar-refractivity contribution in [2.24, 2.45) is 0 Å². The SMILES string of the molecule is Cc1[nH]c(C(=O)Nc2ccc(C(=O)NCC(=O)O)c(OC(C)C)c2)c(Cl)c1Cl. The molecule has 0 fully saturated rings. The van der Waals surface area contributed by atoms with Gasteiger partial charge in [0, 0.05) is 17.4 Å². The van der Waals surface area contributed by atoms with E-state index in [1.807, 2.05) is 0 Å². The first-order valence-corrected chi connectivity index (χ1v) is 9.01. The highest BCUT2D eigenvalue weighted by Crippen LogP contribution is 2.30. The first kappa shape index (κ1) is 21.6. The van der Waals surface area contributed by atoms with E-state index in [1.165, 1.54) is 18.2 Å². The van der Waals surface area contributed by atoms with E-state index in [2.05, 4.69) is 15.6 Å². The number of carbonyl (C=O) groups is 3. The minimum Gasteiger partial charge on any atom is -0.490 e. The third-order valence-corrected chi connectivity index (χ3v) is 4.48. The molecule has 0 saturated heterocycles. The maximum Gasteiger partial charge on any atom is 0.322 e. The number of aryl methyl sites for hydroxylation is 1. The summed E-state index contributed by atoms with van der Waals surface area (Å²) in [7, 11) is 0. The number of carbonyl (C=O) groups excluding carboxylic acids is 2. The average Bonchev–Trinajstić information content (AvgIpc) is 2.87. The number of nitrogens with one attached hydrogen (secondary N) is 3. The van der Waals surface area contributed by atoms with Crippen molar-refractivity contribution in [3.8, 4) is 5.75 Å². The van der Waals surface area contributed by atoms with Crippen molar-refractivity contribution in [1.29, 1.82) is 0 Å². The van der Waals surface area contributed by atoms with E-state index in [4.69, 9.17) is 33.0 Å². The van der Waals surface area contributed by atoms with Gasteiger partial charge in [0.15, 0.2) is 0 Å². The van der Waals surface area contributed by atoms with Gasteiger partial charge in [-0.15, -0.1) is 0 Å². The van der Waals surface area contributed by atoms with Gasteiger partial charge in [0.2, 0.25) is 0 Å². The fourth-order valence-corrected chi connectivity index (χ4v) is 2.73. The van der Waals surface area contributed by atoms with Crippen LogP contribution in [0.15, 0.2) is 18.2 Å². The monoisotopic (exact) mass is 427 g/mol. The fraction of sp³-hybridized carbons (Fsp3) is 0.278. The van der Waals surface area contributed by atoms with Crippen LogP contribution >= 0.6 is 23.2 Å². The van der Waals surface area contributed by atoms with Crippen LogP contribution in [-0.4, -0.2) is 40.5 Å². The van der Waals surface area contributed by atoms with Crippen LogP contribution in [0.2, 0.25) is 10.0 Å². The summed E-state index contributed by atoms with van der Waals surface area (Å²) in [6.07, 6.45) is -0.253. The zero-order chi connectivity index (χ0) is 21.0. The van der Waals surface area contributed by atoms with Crippen LogP contribution in [0.4, 0.5) is 5.69 Å². The topological polar surface area (TPSA) is 121 Å². The number of aromatic nitrogens is 1. The Balaban J connectivity index is 2.28. The van der Waals surface area contributed by atoms with Crippen LogP contribution in [-0.2, 0) is 4.79 Å². The zero-order valence-electron chi connectivity index (χ0n) is 15.4. The molecule has 0 aliphatic rings. The Morgan fingerprint density at radius 3 is 2.39 bits per heavy atom. The number of amides is 2. The Kier molecular flexibility index (Phi) is 6.93. The molecule has 2 rings (SSSR count). The standard InChI is InChI=1S/C18H19Cl2N3O5/c1-8(2)28-12-6-10(4-5-11(12)17(26)21-7-13(24)25)23-18(27)16-15(20)14(19)9(3)22-16/h4-6,8,22H,7H2,1-3H3,(H,21,26)(H,23,27)(H,24,25). The third-order valence-electron chi connectivity index (χ3n) is 3.53. The predicted molar refractivity (Wildman–Crippen MR) is 106 cm³/mol. The fourth-order valence-electron chi connectivity index (χ4n) is 2.31. The van der Waals surface area contributed by atoms with Gasteiger partial charge in [0.05, 0.1) is 21.7 Å². The minimum absolute atomic E-state index is 0.110. The van der Waals surface area contributed by atoms with Gasteiger partial charge in [-0.3, -0.25) is 14.4 Å². The number of anilines is 1.